The molecule has 1 aromatic carbocycles. The highest BCUT2D eigenvalue weighted by Gasteiger charge is 1.98. The molecule has 0 amide bonds. The van der Waals surface area contributed by atoms with Crippen molar-refractivity contribution in [3.05, 3.63) is 48.3 Å². The van der Waals surface area contributed by atoms with Crippen molar-refractivity contribution >= 4 is 11.6 Å². The number of nitrogens with one attached hydrogen (secondary N) is 1. The van der Waals surface area contributed by atoms with Gasteiger partial charge in [0.15, 0.2) is 0 Å². The molecule has 2 rings (SSSR count). The summed E-state index contributed by atoms with van der Waals surface area (Å²) in [6.07, 6.45) is 3.54. The third-order valence-corrected chi connectivity index (χ3v) is 2.21. The number of anilines is 2. The van der Waals surface area contributed by atoms with Crippen LogP contribution in [-0.2, 0) is 11.3 Å². The zero-order chi connectivity index (χ0) is 11.9. The van der Waals surface area contributed by atoms with Crippen LogP contribution in [0.25, 0.3) is 0 Å². The molecule has 0 aliphatic carbocycles. The molecule has 17 heavy (non-hydrogen) atoms. The first-order valence-corrected chi connectivity index (χ1v) is 5.59. The maximum Gasteiger partial charge on any atom is 0.227 e. The second-order valence-corrected chi connectivity index (χ2v) is 3.54. The first-order valence-electron chi connectivity index (χ1n) is 5.59. The smallest absolute Gasteiger partial charge is 0.227 e. The predicted octanol–water partition coefficient (Wildman–Crippen LogP) is 2.76. The maximum absolute atomic E-state index is 5.28. The molecule has 0 radical (unpaired) electrons. The van der Waals surface area contributed by atoms with E-state index in [-0.39, 0.29) is 0 Å². The van der Waals surface area contributed by atoms with Crippen LogP contribution in [0, 0.1) is 0 Å². The highest BCUT2D eigenvalue weighted by molar-refractivity contribution is 5.52. The number of para-hydroxylation sites is 1. The Morgan fingerprint density at radius 2 is 1.82 bits per heavy atom. The van der Waals surface area contributed by atoms with Crippen molar-refractivity contribution in [1.82, 2.24) is 9.97 Å². The van der Waals surface area contributed by atoms with Crippen molar-refractivity contribution < 1.29 is 4.74 Å². The van der Waals surface area contributed by atoms with Crippen LogP contribution in [0.1, 0.15) is 12.5 Å². The summed E-state index contributed by atoms with van der Waals surface area (Å²) in [4.78, 5) is 8.45. The molecule has 0 saturated carbocycles. The fourth-order valence-electron chi connectivity index (χ4n) is 1.36. The number of aromatic nitrogens is 2. The Balaban J connectivity index is 1.98. The van der Waals surface area contributed by atoms with Gasteiger partial charge >= 0.3 is 0 Å². The number of benzene rings is 1. The van der Waals surface area contributed by atoms with E-state index in [2.05, 4.69) is 15.3 Å². The summed E-state index contributed by atoms with van der Waals surface area (Å²) in [5, 5.41) is 3.12. The van der Waals surface area contributed by atoms with Crippen LogP contribution >= 0.6 is 0 Å². The first-order chi connectivity index (χ1) is 8.38. The Kier molecular flexibility index (Phi) is 4.05. The summed E-state index contributed by atoms with van der Waals surface area (Å²) in [6.45, 7) is 3.22. The van der Waals surface area contributed by atoms with Gasteiger partial charge in [0.2, 0.25) is 5.95 Å². The van der Waals surface area contributed by atoms with Gasteiger partial charge in [0, 0.05) is 30.3 Å². The predicted molar refractivity (Wildman–Crippen MR) is 67.1 cm³/mol. The molecule has 0 aliphatic rings. The normalized spacial score (nSPS) is 10.2. The molecule has 0 atom stereocenters. The highest BCUT2D eigenvalue weighted by atomic mass is 16.5. The number of hydrogen-bond acceptors (Lipinski definition) is 4. The summed E-state index contributed by atoms with van der Waals surface area (Å²) in [5.74, 6) is 0.594. The molecule has 0 aliphatic heterocycles. The van der Waals surface area contributed by atoms with E-state index < -0.39 is 0 Å². The zero-order valence-electron chi connectivity index (χ0n) is 9.76. The van der Waals surface area contributed by atoms with Crippen molar-refractivity contribution in [1.29, 1.82) is 0 Å². The minimum Gasteiger partial charge on any atom is -0.377 e. The quantitative estimate of drug-likeness (QED) is 0.856. The fraction of sp³-hybridized carbons (Fsp3) is 0.231. The second kappa shape index (κ2) is 5.96. The lowest BCUT2D eigenvalue weighted by molar-refractivity contribution is 0.133. The maximum atomic E-state index is 5.28. The number of rotatable bonds is 5. The standard InChI is InChI=1S/C13H15N3O/c1-2-17-10-11-8-14-13(15-9-11)16-12-6-4-3-5-7-12/h3-9H,2,10H2,1H3,(H,14,15,16). The van der Waals surface area contributed by atoms with E-state index in [9.17, 15) is 0 Å². The molecule has 1 N–H and O–H groups in total. The first kappa shape index (κ1) is 11.5. The van der Waals surface area contributed by atoms with Crippen LogP contribution in [0.4, 0.5) is 11.6 Å². The third kappa shape index (κ3) is 3.53. The Morgan fingerprint density at radius 1 is 1.12 bits per heavy atom. The van der Waals surface area contributed by atoms with Gasteiger partial charge in [0.1, 0.15) is 0 Å². The average molecular weight is 229 g/mol. The van der Waals surface area contributed by atoms with Crippen molar-refractivity contribution in [2.45, 2.75) is 13.5 Å². The van der Waals surface area contributed by atoms with Crippen LogP contribution in [0.15, 0.2) is 42.7 Å². The van der Waals surface area contributed by atoms with Crippen LogP contribution in [0.2, 0.25) is 0 Å². The van der Waals surface area contributed by atoms with Gasteiger partial charge in [0.05, 0.1) is 6.61 Å². The van der Waals surface area contributed by atoms with Gasteiger partial charge in [-0.1, -0.05) is 18.2 Å². The van der Waals surface area contributed by atoms with E-state index >= 15 is 0 Å². The van der Waals surface area contributed by atoms with Crippen LogP contribution in [-0.4, -0.2) is 16.6 Å². The summed E-state index contributed by atoms with van der Waals surface area (Å²) in [7, 11) is 0. The second-order valence-electron chi connectivity index (χ2n) is 3.54. The van der Waals surface area contributed by atoms with Gasteiger partial charge in [-0.25, -0.2) is 9.97 Å². The Hall–Kier alpha value is -1.94. The Bertz CT molecular complexity index is 442. The van der Waals surface area contributed by atoms with E-state index in [0.717, 1.165) is 11.3 Å². The van der Waals surface area contributed by atoms with Crippen molar-refractivity contribution in [3.8, 4) is 0 Å². The Morgan fingerprint density at radius 3 is 2.47 bits per heavy atom. The van der Waals surface area contributed by atoms with Crippen LogP contribution < -0.4 is 5.32 Å². The van der Waals surface area contributed by atoms with Gasteiger partial charge in [-0.05, 0) is 19.1 Å². The molecule has 2 aromatic rings. The largest absolute Gasteiger partial charge is 0.377 e. The molecular formula is C13H15N3O. The van der Waals surface area contributed by atoms with Gasteiger partial charge < -0.3 is 10.1 Å². The van der Waals surface area contributed by atoms with Crippen LogP contribution in [0.3, 0.4) is 0 Å². The van der Waals surface area contributed by atoms with E-state index in [1.807, 2.05) is 37.3 Å². The van der Waals surface area contributed by atoms with Gasteiger partial charge in [-0.2, -0.15) is 0 Å². The Labute approximate surface area is 101 Å². The molecule has 1 heterocycles. The lowest BCUT2D eigenvalue weighted by Gasteiger charge is -2.05. The lowest BCUT2D eigenvalue weighted by Crippen LogP contribution is -1.99. The zero-order valence-corrected chi connectivity index (χ0v) is 9.76. The lowest BCUT2D eigenvalue weighted by atomic mass is 10.3. The van der Waals surface area contributed by atoms with Gasteiger partial charge in [-0.3, -0.25) is 0 Å². The number of hydrogen-bond donors (Lipinski definition) is 1. The molecule has 0 unspecified atom stereocenters. The van der Waals surface area contributed by atoms with Crippen molar-refractivity contribution in [3.63, 3.8) is 0 Å². The van der Waals surface area contributed by atoms with E-state index in [1.165, 1.54) is 0 Å². The summed E-state index contributed by atoms with van der Waals surface area (Å²) in [6, 6.07) is 9.84. The molecule has 0 spiro atoms. The number of nitrogens with zero attached hydrogens (tertiary/aromatic N) is 2. The van der Waals surface area contributed by atoms with Crippen LogP contribution in [0.5, 0.6) is 0 Å². The molecule has 0 fully saturated rings. The molecule has 0 bridgehead atoms. The highest BCUT2D eigenvalue weighted by Crippen LogP contribution is 2.11. The topological polar surface area (TPSA) is 47.0 Å². The minimum atomic E-state index is 0.558. The molecule has 1 aromatic heterocycles. The van der Waals surface area contributed by atoms with E-state index in [4.69, 9.17) is 4.74 Å². The van der Waals surface area contributed by atoms with Gasteiger partial charge in [-0.15, -0.1) is 0 Å². The monoisotopic (exact) mass is 229 g/mol. The van der Waals surface area contributed by atoms with Gasteiger partial charge in [0.25, 0.3) is 0 Å². The summed E-state index contributed by atoms with van der Waals surface area (Å²) >= 11 is 0. The summed E-state index contributed by atoms with van der Waals surface area (Å²) in [5.41, 5.74) is 1.95. The number of ether oxygens (including phenoxy) is 1. The molecule has 0 saturated heterocycles. The minimum absolute atomic E-state index is 0.558. The van der Waals surface area contributed by atoms with Crippen molar-refractivity contribution in [2.75, 3.05) is 11.9 Å². The SMILES string of the molecule is CCOCc1cnc(Nc2ccccc2)nc1. The van der Waals surface area contributed by atoms with E-state index in [0.29, 0.717) is 19.2 Å². The molecule has 4 heteroatoms. The van der Waals surface area contributed by atoms with Crippen molar-refractivity contribution in [2.24, 2.45) is 0 Å². The third-order valence-electron chi connectivity index (χ3n) is 2.21. The van der Waals surface area contributed by atoms with E-state index in [1.54, 1.807) is 12.4 Å². The molecule has 4 nitrogen and oxygen atoms in total. The average Bonchev–Trinajstić information content (AvgIpc) is 2.39. The molecular weight excluding hydrogens is 214 g/mol. The fourth-order valence-corrected chi connectivity index (χ4v) is 1.36. The molecule has 88 valence electrons. The summed E-state index contributed by atoms with van der Waals surface area (Å²) < 4.78 is 5.28.